The molecule has 0 aliphatic rings. The van der Waals surface area contributed by atoms with E-state index in [9.17, 15) is 17.6 Å². The number of halogens is 5. The van der Waals surface area contributed by atoms with E-state index in [1.54, 1.807) is 0 Å². The highest BCUT2D eigenvalue weighted by Gasteiger charge is 2.34. The Morgan fingerprint density at radius 3 is 2.24 bits per heavy atom. The number of rotatable bonds is 2. The van der Waals surface area contributed by atoms with Gasteiger partial charge in [-0.15, -0.1) is 0 Å². The maximum Gasteiger partial charge on any atom is 0.417 e. The Labute approximate surface area is 125 Å². The monoisotopic (exact) mass is 359 g/mol. The summed E-state index contributed by atoms with van der Waals surface area (Å²) < 4.78 is 56.9. The van der Waals surface area contributed by atoms with Crippen LogP contribution in [-0.4, -0.2) is 0 Å². The van der Waals surface area contributed by atoms with E-state index >= 15 is 0 Å². The van der Waals surface area contributed by atoms with Gasteiger partial charge in [0, 0.05) is 0 Å². The smallest absolute Gasteiger partial charge is 0.417 e. The van der Waals surface area contributed by atoms with Crippen molar-refractivity contribution in [2.24, 2.45) is 0 Å². The van der Waals surface area contributed by atoms with Gasteiger partial charge in [-0.05, 0) is 52.3 Å². The van der Waals surface area contributed by atoms with E-state index in [-0.39, 0.29) is 16.0 Å². The molecule has 0 bridgehead atoms. The van der Waals surface area contributed by atoms with Crippen molar-refractivity contribution in [2.45, 2.75) is 6.18 Å². The van der Waals surface area contributed by atoms with Crippen molar-refractivity contribution >= 4 is 15.9 Å². The third kappa shape index (κ3) is 3.52. The Hall–Kier alpha value is -2.07. The Balaban J connectivity index is 2.37. The second-order valence-electron chi connectivity index (χ2n) is 3.99. The first-order chi connectivity index (χ1) is 9.81. The van der Waals surface area contributed by atoms with Crippen LogP contribution in [0.5, 0.6) is 11.5 Å². The molecular formula is C14H6BrF4NO. The fourth-order valence-electron chi connectivity index (χ4n) is 1.60. The molecule has 21 heavy (non-hydrogen) atoms. The molecule has 0 aromatic heterocycles. The van der Waals surface area contributed by atoms with Crippen LogP contribution in [0.4, 0.5) is 17.6 Å². The van der Waals surface area contributed by atoms with E-state index in [0.29, 0.717) is 0 Å². The standard InChI is InChI=1S/C14H6BrF4NO/c15-12-6-10(3-4-13(12)16)21-9-2-1-8(7-20)11(5-9)14(17,18)19/h1-6H. The first kappa shape index (κ1) is 15.3. The minimum Gasteiger partial charge on any atom is -0.457 e. The summed E-state index contributed by atoms with van der Waals surface area (Å²) in [5.41, 5.74) is -1.57. The number of ether oxygens (including phenoxy) is 1. The van der Waals surface area contributed by atoms with Crippen LogP contribution in [0.25, 0.3) is 0 Å². The Kier molecular flexibility index (Phi) is 4.19. The van der Waals surface area contributed by atoms with Crippen LogP contribution in [0.1, 0.15) is 11.1 Å². The van der Waals surface area contributed by atoms with Gasteiger partial charge in [-0.3, -0.25) is 0 Å². The zero-order valence-electron chi connectivity index (χ0n) is 10.2. The molecule has 7 heteroatoms. The van der Waals surface area contributed by atoms with Gasteiger partial charge in [0.2, 0.25) is 0 Å². The summed E-state index contributed by atoms with van der Waals surface area (Å²) in [7, 11) is 0. The number of benzene rings is 2. The molecule has 0 saturated carbocycles. The molecule has 0 saturated heterocycles. The Bertz CT molecular complexity index is 722. The molecule has 0 amide bonds. The molecule has 0 fully saturated rings. The fourth-order valence-corrected chi connectivity index (χ4v) is 1.95. The fraction of sp³-hybridized carbons (Fsp3) is 0.0714. The van der Waals surface area contributed by atoms with Crippen LogP contribution in [0.15, 0.2) is 40.9 Å². The van der Waals surface area contributed by atoms with E-state index in [0.717, 1.165) is 18.2 Å². The normalized spacial score (nSPS) is 11.0. The largest absolute Gasteiger partial charge is 0.457 e. The summed E-state index contributed by atoms with van der Waals surface area (Å²) in [6.07, 6.45) is -4.66. The summed E-state index contributed by atoms with van der Waals surface area (Å²) in [6.45, 7) is 0. The number of alkyl halides is 3. The molecule has 2 aromatic rings. The summed E-state index contributed by atoms with van der Waals surface area (Å²) in [6, 6.07) is 8.17. The first-order valence-corrected chi connectivity index (χ1v) is 6.35. The second-order valence-corrected chi connectivity index (χ2v) is 4.85. The highest BCUT2D eigenvalue weighted by molar-refractivity contribution is 9.10. The van der Waals surface area contributed by atoms with Crippen LogP contribution in [-0.2, 0) is 6.18 Å². The van der Waals surface area contributed by atoms with Crippen LogP contribution in [0.2, 0.25) is 0 Å². The maximum atomic E-state index is 13.1. The lowest BCUT2D eigenvalue weighted by Crippen LogP contribution is -2.07. The van der Waals surface area contributed by atoms with Crippen LogP contribution >= 0.6 is 15.9 Å². The molecule has 0 aliphatic carbocycles. The van der Waals surface area contributed by atoms with Gasteiger partial charge >= 0.3 is 6.18 Å². The van der Waals surface area contributed by atoms with Crippen molar-refractivity contribution in [1.29, 1.82) is 5.26 Å². The minimum atomic E-state index is -4.66. The molecule has 2 rings (SSSR count). The van der Waals surface area contributed by atoms with E-state index in [4.69, 9.17) is 10.00 Å². The number of nitriles is 1. The molecule has 0 aliphatic heterocycles. The number of nitrogens with zero attached hydrogens (tertiary/aromatic N) is 1. The molecule has 2 aromatic carbocycles. The Morgan fingerprint density at radius 1 is 1.05 bits per heavy atom. The van der Waals surface area contributed by atoms with E-state index in [1.165, 1.54) is 24.3 Å². The first-order valence-electron chi connectivity index (χ1n) is 5.55. The van der Waals surface area contributed by atoms with Crippen LogP contribution in [0.3, 0.4) is 0 Å². The van der Waals surface area contributed by atoms with Gasteiger partial charge in [0.25, 0.3) is 0 Å². The van der Waals surface area contributed by atoms with Crippen molar-refractivity contribution in [3.8, 4) is 17.6 Å². The van der Waals surface area contributed by atoms with Gasteiger partial charge in [-0.1, -0.05) is 0 Å². The average Bonchev–Trinajstić information content (AvgIpc) is 2.42. The van der Waals surface area contributed by atoms with Crippen molar-refractivity contribution in [2.75, 3.05) is 0 Å². The third-order valence-electron chi connectivity index (χ3n) is 2.54. The maximum absolute atomic E-state index is 13.1. The second kappa shape index (κ2) is 5.74. The van der Waals surface area contributed by atoms with Gasteiger partial charge in [-0.2, -0.15) is 18.4 Å². The molecule has 0 N–H and O–H groups in total. The predicted octanol–water partition coefficient (Wildman–Crippen LogP) is 5.27. The highest BCUT2D eigenvalue weighted by atomic mass is 79.9. The molecular weight excluding hydrogens is 354 g/mol. The molecule has 0 heterocycles. The molecule has 0 radical (unpaired) electrons. The number of hydrogen-bond donors (Lipinski definition) is 0. The van der Waals surface area contributed by atoms with Crippen molar-refractivity contribution in [1.82, 2.24) is 0 Å². The zero-order chi connectivity index (χ0) is 15.6. The third-order valence-corrected chi connectivity index (χ3v) is 3.15. The molecule has 0 spiro atoms. The van der Waals surface area contributed by atoms with E-state index in [2.05, 4.69) is 15.9 Å². The van der Waals surface area contributed by atoms with Gasteiger partial charge < -0.3 is 4.74 Å². The highest BCUT2D eigenvalue weighted by Crippen LogP contribution is 2.35. The van der Waals surface area contributed by atoms with Gasteiger partial charge in [0.15, 0.2) is 0 Å². The quantitative estimate of drug-likeness (QED) is 0.684. The van der Waals surface area contributed by atoms with Crippen LogP contribution < -0.4 is 4.74 Å². The van der Waals surface area contributed by atoms with Crippen molar-refractivity contribution in [3.63, 3.8) is 0 Å². The molecule has 0 unspecified atom stereocenters. The lowest BCUT2D eigenvalue weighted by atomic mass is 10.1. The van der Waals surface area contributed by atoms with Gasteiger partial charge in [-0.25, -0.2) is 4.39 Å². The molecule has 2 nitrogen and oxygen atoms in total. The summed E-state index contributed by atoms with van der Waals surface area (Å²) >= 11 is 2.95. The molecule has 0 atom stereocenters. The van der Waals surface area contributed by atoms with Crippen molar-refractivity contribution in [3.05, 3.63) is 57.8 Å². The number of hydrogen-bond acceptors (Lipinski definition) is 2. The van der Waals surface area contributed by atoms with Crippen molar-refractivity contribution < 1.29 is 22.3 Å². The van der Waals surface area contributed by atoms with E-state index < -0.39 is 23.1 Å². The summed E-state index contributed by atoms with van der Waals surface area (Å²) in [4.78, 5) is 0. The van der Waals surface area contributed by atoms with Gasteiger partial charge in [0.1, 0.15) is 17.3 Å². The summed E-state index contributed by atoms with van der Waals surface area (Å²) in [5, 5.41) is 8.69. The SMILES string of the molecule is N#Cc1ccc(Oc2ccc(F)c(Br)c2)cc1C(F)(F)F. The van der Waals surface area contributed by atoms with Crippen LogP contribution in [0, 0.1) is 17.1 Å². The minimum absolute atomic E-state index is 0.0974. The van der Waals surface area contributed by atoms with E-state index in [1.807, 2.05) is 0 Å². The van der Waals surface area contributed by atoms with Gasteiger partial charge in [0.05, 0.1) is 21.7 Å². The lowest BCUT2D eigenvalue weighted by Gasteiger charge is -2.12. The molecule has 108 valence electrons. The topological polar surface area (TPSA) is 33.0 Å². The predicted molar refractivity (Wildman–Crippen MR) is 70.3 cm³/mol. The Morgan fingerprint density at radius 2 is 1.67 bits per heavy atom. The average molecular weight is 360 g/mol. The lowest BCUT2D eigenvalue weighted by molar-refractivity contribution is -0.137. The zero-order valence-corrected chi connectivity index (χ0v) is 11.8. The summed E-state index contributed by atoms with van der Waals surface area (Å²) in [5.74, 6) is -0.445.